The van der Waals surface area contributed by atoms with Gasteiger partial charge >= 0.3 is 6.03 Å². The molecular weight excluding hydrogens is 327 g/mol. The quantitative estimate of drug-likeness (QED) is 0.703. The molecule has 0 aliphatic heterocycles. The highest BCUT2D eigenvalue weighted by Crippen LogP contribution is 2.24. The monoisotopic (exact) mass is 348 g/mol. The first kappa shape index (κ1) is 17.7. The van der Waals surface area contributed by atoms with Gasteiger partial charge in [-0.15, -0.1) is 0 Å². The number of amides is 2. The molecular formula is C22H21FN2O. The zero-order valence-corrected chi connectivity index (χ0v) is 14.7. The van der Waals surface area contributed by atoms with E-state index in [2.05, 4.69) is 23.5 Å². The highest BCUT2D eigenvalue weighted by atomic mass is 19.1. The zero-order valence-electron chi connectivity index (χ0n) is 14.7. The minimum absolute atomic E-state index is 0.197. The highest BCUT2D eigenvalue weighted by Gasteiger charge is 2.12. The molecule has 132 valence electrons. The Labute approximate surface area is 153 Å². The van der Waals surface area contributed by atoms with Crippen molar-refractivity contribution in [2.75, 3.05) is 7.05 Å². The summed E-state index contributed by atoms with van der Waals surface area (Å²) in [4.78, 5) is 14.0. The van der Waals surface area contributed by atoms with E-state index in [0.717, 1.165) is 22.3 Å². The molecule has 2 amide bonds. The fourth-order valence-corrected chi connectivity index (χ4v) is 2.84. The second-order valence-corrected chi connectivity index (χ2v) is 6.17. The Morgan fingerprint density at radius 3 is 2.46 bits per heavy atom. The third kappa shape index (κ3) is 4.48. The van der Waals surface area contributed by atoms with Crippen LogP contribution in [0, 0.1) is 5.82 Å². The van der Waals surface area contributed by atoms with Crippen molar-refractivity contribution in [2.45, 2.75) is 13.1 Å². The standard InChI is InChI=1S/C22H21FN2O/c1-25(22(26)24-15-17-8-7-12-20(23)14-17)16-19-11-5-6-13-21(19)18-9-3-2-4-10-18/h2-14H,15-16H2,1H3,(H,24,26). The van der Waals surface area contributed by atoms with Gasteiger partial charge in [-0.3, -0.25) is 0 Å². The van der Waals surface area contributed by atoms with Gasteiger partial charge in [0.15, 0.2) is 0 Å². The first-order valence-corrected chi connectivity index (χ1v) is 8.50. The first-order valence-electron chi connectivity index (χ1n) is 8.50. The topological polar surface area (TPSA) is 32.3 Å². The van der Waals surface area contributed by atoms with Crippen LogP contribution in [0.4, 0.5) is 9.18 Å². The summed E-state index contributed by atoms with van der Waals surface area (Å²) >= 11 is 0. The molecule has 0 heterocycles. The van der Waals surface area contributed by atoms with E-state index in [0.29, 0.717) is 13.1 Å². The Bertz CT molecular complexity index is 880. The molecule has 4 heteroatoms. The Hall–Kier alpha value is -3.14. The van der Waals surface area contributed by atoms with Crippen LogP contribution in [0.25, 0.3) is 11.1 Å². The Morgan fingerprint density at radius 1 is 0.962 bits per heavy atom. The van der Waals surface area contributed by atoms with E-state index in [1.807, 2.05) is 36.4 Å². The Morgan fingerprint density at radius 2 is 1.69 bits per heavy atom. The van der Waals surface area contributed by atoms with Crippen LogP contribution in [0.2, 0.25) is 0 Å². The number of urea groups is 1. The molecule has 3 aromatic rings. The average Bonchev–Trinajstić information content (AvgIpc) is 2.67. The first-order chi connectivity index (χ1) is 12.6. The fraction of sp³-hybridized carbons (Fsp3) is 0.136. The number of halogens is 1. The van der Waals surface area contributed by atoms with E-state index >= 15 is 0 Å². The maximum absolute atomic E-state index is 13.2. The second-order valence-electron chi connectivity index (χ2n) is 6.17. The van der Waals surface area contributed by atoms with Gasteiger partial charge in [-0.05, 0) is 34.4 Å². The molecule has 0 radical (unpaired) electrons. The molecule has 3 aromatic carbocycles. The summed E-state index contributed by atoms with van der Waals surface area (Å²) < 4.78 is 13.2. The minimum atomic E-state index is -0.304. The second kappa shape index (κ2) is 8.30. The number of nitrogens with one attached hydrogen (secondary N) is 1. The van der Waals surface area contributed by atoms with Crippen molar-refractivity contribution in [1.82, 2.24) is 10.2 Å². The number of hydrogen-bond donors (Lipinski definition) is 1. The lowest BCUT2D eigenvalue weighted by Gasteiger charge is -2.20. The molecule has 26 heavy (non-hydrogen) atoms. The van der Waals surface area contributed by atoms with Crippen LogP contribution < -0.4 is 5.32 Å². The summed E-state index contributed by atoms with van der Waals surface area (Å²) in [5, 5.41) is 2.83. The molecule has 3 rings (SSSR count). The van der Waals surface area contributed by atoms with E-state index in [-0.39, 0.29) is 11.8 Å². The maximum Gasteiger partial charge on any atom is 0.317 e. The number of carbonyl (C=O) groups excluding carboxylic acids is 1. The van der Waals surface area contributed by atoms with E-state index in [4.69, 9.17) is 0 Å². The summed E-state index contributed by atoms with van der Waals surface area (Å²) in [5.41, 5.74) is 4.04. The van der Waals surface area contributed by atoms with Crippen LogP contribution in [0.1, 0.15) is 11.1 Å². The molecule has 0 bridgehead atoms. The normalized spacial score (nSPS) is 10.4. The van der Waals surface area contributed by atoms with Crippen molar-refractivity contribution < 1.29 is 9.18 Å². The van der Waals surface area contributed by atoms with E-state index < -0.39 is 0 Å². The molecule has 0 atom stereocenters. The minimum Gasteiger partial charge on any atom is -0.334 e. The van der Waals surface area contributed by atoms with Crippen LogP contribution in [-0.2, 0) is 13.1 Å². The largest absolute Gasteiger partial charge is 0.334 e. The number of benzene rings is 3. The van der Waals surface area contributed by atoms with Crippen molar-refractivity contribution in [3.63, 3.8) is 0 Å². The van der Waals surface area contributed by atoms with Gasteiger partial charge in [0.05, 0.1) is 0 Å². The summed E-state index contributed by atoms with van der Waals surface area (Å²) in [5.74, 6) is -0.304. The van der Waals surface area contributed by atoms with Gasteiger partial charge in [0.2, 0.25) is 0 Å². The van der Waals surface area contributed by atoms with Gasteiger partial charge in [0.1, 0.15) is 5.82 Å². The van der Waals surface area contributed by atoms with E-state index in [9.17, 15) is 9.18 Å². The SMILES string of the molecule is CN(Cc1ccccc1-c1ccccc1)C(=O)NCc1cccc(F)c1. The van der Waals surface area contributed by atoms with Gasteiger partial charge < -0.3 is 10.2 Å². The number of hydrogen-bond acceptors (Lipinski definition) is 1. The molecule has 0 fully saturated rings. The Kier molecular flexibility index (Phi) is 5.64. The van der Waals surface area contributed by atoms with Crippen LogP contribution >= 0.6 is 0 Å². The van der Waals surface area contributed by atoms with Crippen molar-refractivity contribution in [3.05, 3.63) is 95.8 Å². The van der Waals surface area contributed by atoms with Gasteiger partial charge in [-0.25, -0.2) is 9.18 Å². The fourth-order valence-electron chi connectivity index (χ4n) is 2.84. The summed E-state index contributed by atoms with van der Waals surface area (Å²) in [7, 11) is 1.75. The molecule has 0 aliphatic carbocycles. The maximum atomic E-state index is 13.2. The van der Waals surface area contributed by atoms with Crippen LogP contribution in [-0.4, -0.2) is 18.0 Å². The smallest absolute Gasteiger partial charge is 0.317 e. The molecule has 0 aliphatic rings. The number of nitrogens with zero attached hydrogens (tertiary/aromatic N) is 1. The van der Waals surface area contributed by atoms with Gasteiger partial charge in [-0.1, -0.05) is 66.7 Å². The van der Waals surface area contributed by atoms with E-state index in [1.165, 1.54) is 12.1 Å². The van der Waals surface area contributed by atoms with Crippen molar-refractivity contribution in [2.24, 2.45) is 0 Å². The third-order valence-electron chi connectivity index (χ3n) is 4.19. The molecule has 0 saturated carbocycles. The van der Waals surface area contributed by atoms with Crippen molar-refractivity contribution in [3.8, 4) is 11.1 Å². The predicted octanol–water partition coefficient (Wildman–Crippen LogP) is 4.83. The molecule has 0 spiro atoms. The zero-order chi connectivity index (χ0) is 18.4. The van der Waals surface area contributed by atoms with Crippen LogP contribution in [0.5, 0.6) is 0 Å². The average molecular weight is 348 g/mol. The number of carbonyl (C=O) groups is 1. The lowest BCUT2D eigenvalue weighted by molar-refractivity contribution is 0.206. The van der Waals surface area contributed by atoms with Crippen LogP contribution in [0.3, 0.4) is 0 Å². The number of rotatable bonds is 5. The van der Waals surface area contributed by atoms with Gasteiger partial charge in [0.25, 0.3) is 0 Å². The van der Waals surface area contributed by atoms with Gasteiger partial charge in [-0.2, -0.15) is 0 Å². The molecule has 3 nitrogen and oxygen atoms in total. The summed E-state index contributed by atoms with van der Waals surface area (Å²) in [6.45, 7) is 0.779. The molecule has 0 aromatic heterocycles. The predicted molar refractivity (Wildman–Crippen MR) is 102 cm³/mol. The summed E-state index contributed by atoms with van der Waals surface area (Å²) in [6, 6.07) is 24.2. The van der Waals surface area contributed by atoms with E-state index in [1.54, 1.807) is 24.1 Å². The summed E-state index contributed by atoms with van der Waals surface area (Å²) in [6.07, 6.45) is 0. The molecule has 0 unspecified atom stereocenters. The van der Waals surface area contributed by atoms with Crippen molar-refractivity contribution in [1.29, 1.82) is 0 Å². The van der Waals surface area contributed by atoms with Crippen molar-refractivity contribution >= 4 is 6.03 Å². The lowest BCUT2D eigenvalue weighted by atomic mass is 9.99. The molecule has 0 saturated heterocycles. The Balaban J connectivity index is 1.66. The lowest BCUT2D eigenvalue weighted by Crippen LogP contribution is -2.36. The van der Waals surface area contributed by atoms with Gasteiger partial charge in [0, 0.05) is 20.1 Å². The third-order valence-corrected chi connectivity index (χ3v) is 4.19. The van der Waals surface area contributed by atoms with Crippen LogP contribution in [0.15, 0.2) is 78.9 Å². The molecule has 1 N–H and O–H groups in total. The highest BCUT2D eigenvalue weighted by molar-refractivity contribution is 5.74.